The lowest BCUT2D eigenvalue weighted by Crippen LogP contribution is -2.49. The number of esters is 1. The summed E-state index contributed by atoms with van der Waals surface area (Å²) in [6.07, 6.45) is 0. The maximum absolute atomic E-state index is 12.2. The van der Waals surface area contributed by atoms with Crippen LogP contribution in [0.3, 0.4) is 0 Å². The third kappa shape index (κ3) is 4.55. The minimum atomic E-state index is -1.31. The number of nitrogens with zero attached hydrogens (tertiary/aromatic N) is 2. The van der Waals surface area contributed by atoms with Gasteiger partial charge in [-0.2, -0.15) is 0 Å². The van der Waals surface area contributed by atoms with E-state index in [1.165, 1.54) is 6.92 Å². The van der Waals surface area contributed by atoms with Crippen molar-refractivity contribution in [1.82, 2.24) is 4.90 Å². The van der Waals surface area contributed by atoms with Gasteiger partial charge in [0.2, 0.25) is 0 Å². The fourth-order valence-electron chi connectivity index (χ4n) is 3.78. The molecule has 2 unspecified atom stereocenters. The van der Waals surface area contributed by atoms with Gasteiger partial charge in [-0.25, -0.2) is 0 Å². The number of benzene rings is 2. The van der Waals surface area contributed by atoms with Crippen molar-refractivity contribution in [2.45, 2.75) is 24.9 Å². The lowest BCUT2D eigenvalue weighted by Gasteiger charge is -2.26. The molecule has 0 aromatic heterocycles. The topological polar surface area (TPSA) is 81.9 Å². The van der Waals surface area contributed by atoms with Gasteiger partial charge in [0, 0.05) is 24.9 Å². The van der Waals surface area contributed by atoms with E-state index in [1.807, 2.05) is 60.7 Å². The van der Waals surface area contributed by atoms with Gasteiger partial charge in [0.25, 0.3) is 5.54 Å². The molecule has 0 saturated carbocycles. The first kappa shape index (κ1) is 20.0. The Morgan fingerprint density at radius 1 is 1.18 bits per heavy atom. The van der Waals surface area contributed by atoms with Gasteiger partial charge in [-0.3, -0.25) is 19.8 Å². The Morgan fingerprint density at radius 2 is 1.82 bits per heavy atom. The summed E-state index contributed by atoms with van der Waals surface area (Å²) in [5.41, 5.74) is 0.705. The first-order valence-electron chi connectivity index (χ1n) is 9.18. The summed E-state index contributed by atoms with van der Waals surface area (Å²) in [4.78, 5) is 25.0. The van der Waals surface area contributed by atoms with E-state index in [2.05, 4.69) is 4.90 Å². The fourth-order valence-corrected chi connectivity index (χ4v) is 3.78. The predicted molar refractivity (Wildman–Crippen MR) is 103 cm³/mol. The maximum Gasteiger partial charge on any atom is 0.304 e. The SMILES string of the molecule is CC(=O)OCOCC1([N+](=O)[O-])CN(Cc2ccccc2)CC1c1ccccc1. The fraction of sp³-hybridized carbons (Fsp3) is 0.381. The van der Waals surface area contributed by atoms with Crippen LogP contribution in [0.4, 0.5) is 0 Å². The van der Waals surface area contributed by atoms with E-state index in [0.29, 0.717) is 13.1 Å². The van der Waals surface area contributed by atoms with Crippen molar-refractivity contribution < 1.29 is 19.2 Å². The van der Waals surface area contributed by atoms with Gasteiger partial charge >= 0.3 is 5.97 Å². The molecule has 0 bridgehead atoms. The number of carbonyl (C=O) groups excluding carboxylic acids is 1. The highest BCUT2D eigenvalue weighted by Crippen LogP contribution is 2.39. The van der Waals surface area contributed by atoms with Gasteiger partial charge in [0.15, 0.2) is 6.79 Å². The summed E-state index contributed by atoms with van der Waals surface area (Å²) >= 11 is 0. The minimum Gasteiger partial charge on any atom is -0.439 e. The number of rotatable bonds is 8. The molecule has 3 rings (SSSR count). The van der Waals surface area contributed by atoms with Crippen LogP contribution in [0.1, 0.15) is 24.0 Å². The van der Waals surface area contributed by atoms with Crippen LogP contribution in [0.15, 0.2) is 60.7 Å². The first-order chi connectivity index (χ1) is 13.5. The third-order valence-electron chi connectivity index (χ3n) is 5.10. The van der Waals surface area contributed by atoms with E-state index in [4.69, 9.17) is 9.47 Å². The molecular weight excluding hydrogens is 360 g/mol. The summed E-state index contributed by atoms with van der Waals surface area (Å²) in [7, 11) is 0. The number of hydrogen-bond acceptors (Lipinski definition) is 6. The normalized spacial score (nSPS) is 22.1. The van der Waals surface area contributed by atoms with Crippen LogP contribution in [0, 0.1) is 10.1 Å². The van der Waals surface area contributed by atoms with Crippen molar-refractivity contribution >= 4 is 5.97 Å². The highest BCUT2D eigenvalue weighted by atomic mass is 16.7. The van der Waals surface area contributed by atoms with Crippen molar-refractivity contribution in [1.29, 1.82) is 0 Å². The lowest BCUT2D eigenvalue weighted by molar-refractivity contribution is -0.574. The molecule has 1 fully saturated rings. The second kappa shape index (κ2) is 8.95. The van der Waals surface area contributed by atoms with Crippen molar-refractivity contribution in [3.63, 3.8) is 0 Å². The van der Waals surface area contributed by atoms with Crippen LogP contribution in [0.5, 0.6) is 0 Å². The molecular formula is C21H24N2O5. The zero-order chi connectivity index (χ0) is 20.0. The highest BCUT2D eigenvalue weighted by Gasteiger charge is 2.57. The molecule has 148 valence electrons. The quantitative estimate of drug-likeness (QED) is 0.229. The molecule has 7 nitrogen and oxygen atoms in total. The monoisotopic (exact) mass is 384 g/mol. The van der Waals surface area contributed by atoms with E-state index in [-0.39, 0.29) is 30.8 Å². The summed E-state index contributed by atoms with van der Waals surface area (Å²) < 4.78 is 10.2. The number of nitro groups is 1. The van der Waals surface area contributed by atoms with Crippen LogP contribution in [-0.4, -0.2) is 47.8 Å². The number of ether oxygens (including phenoxy) is 2. The molecule has 2 aromatic carbocycles. The molecule has 0 aliphatic carbocycles. The maximum atomic E-state index is 12.2. The van der Waals surface area contributed by atoms with Crippen molar-refractivity contribution in [3.8, 4) is 0 Å². The Balaban J connectivity index is 1.83. The zero-order valence-corrected chi connectivity index (χ0v) is 15.8. The first-order valence-corrected chi connectivity index (χ1v) is 9.18. The summed E-state index contributed by atoms with van der Waals surface area (Å²) in [5.74, 6) is -0.809. The average molecular weight is 384 g/mol. The van der Waals surface area contributed by atoms with Gasteiger partial charge in [0.05, 0.1) is 12.5 Å². The van der Waals surface area contributed by atoms with Crippen LogP contribution in [0.25, 0.3) is 0 Å². The predicted octanol–water partition coefficient (Wildman–Crippen LogP) is 2.84. The Hall–Kier alpha value is -2.77. The largest absolute Gasteiger partial charge is 0.439 e. The average Bonchev–Trinajstić information content (AvgIpc) is 3.06. The Bertz CT molecular complexity index is 799. The number of likely N-dealkylation sites (tertiary alicyclic amines) is 1. The third-order valence-corrected chi connectivity index (χ3v) is 5.10. The molecule has 2 atom stereocenters. The summed E-state index contributed by atoms with van der Waals surface area (Å²) in [6, 6.07) is 19.4. The van der Waals surface area contributed by atoms with Crippen LogP contribution in [0.2, 0.25) is 0 Å². The summed E-state index contributed by atoms with van der Waals surface area (Å²) in [6.45, 7) is 2.30. The minimum absolute atomic E-state index is 0.127. The molecule has 28 heavy (non-hydrogen) atoms. The van der Waals surface area contributed by atoms with E-state index in [0.717, 1.165) is 11.1 Å². The molecule has 7 heteroatoms. The molecule has 1 saturated heterocycles. The Kier molecular flexibility index (Phi) is 6.38. The number of carbonyl (C=O) groups is 1. The van der Waals surface area contributed by atoms with Crippen LogP contribution < -0.4 is 0 Å². The molecule has 0 amide bonds. The van der Waals surface area contributed by atoms with Gasteiger partial charge in [-0.15, -0.1) is 0 Å². The van der Waals surface area contributed by atoms with Gasteiger partial charge < -0.3 is 9.47 Å². The van der Waals surface area contributed by atoms with Gasteiger partial charge in [-0.1, -0.05) is 60.7 Å². The molecule has 1 aliphatic heterocycles. The van der Waals surface area contributed by atoms with Crippen molar-refractivity contribution in [2.75, 3.05) is 26.5 Å². The zero-order valence-electron chi connectivity index (χ0n) is 15.8. The van der Waals surface area contributed by atoms with Crippen molar-refractivity contribution in [3.05, 3.63) is 81.9 Å². The van der Waals surface area contributed by atoms with E-state index in [9.17, 15) is 14.9 Å². The second-order valence-electron chi connectivity index (χ2n) is 7.08. The van der Waals surface area contributed by atoms with Crippen LogP contribution in [-0.2, 0) is 20.8 Å². The molecule has 2 aromatic rings. The standard InChI is InChI=1S/C21H24N2O5/c1-17(24)28-16-27-15-21(23(25)26)14-22(12-18-8-4-2-5-9-18)13-20(21)19-10-6-3-7-11-19/h2-11,20H,12-16H2,1H3. The number of hydrogen-bond donors (Lipinski definition) is 0. The van der Waals surface area contributed by atoms with Gasteiger partial charge in [0.1, 0.15) is 6.61 Å². The van der Waals surface area contributed by atoms with E-state index < -0.39 is 11.5 Å². The molecule has 0 spiro atoms. The Labute approximate surface area is 164 Å². The molecule has 0 N–H and O–H groups in total. The molecule has 1 aliphatic rings. The van der Waals surface area contributed by atoms with E-state index >= 15 is 0 Å². The highest BCUT2D eigenvalue weighted by molar-refractivity contribution is 5.65. The lowest BCUT2D eigenvalue weighted by atomic mass is 9.83. The van der Waals surface area contributed by atoms with Crippen molar-refractivity contribution in [2.24, 2.45) is 0 Å². The molecule has 0 radical (unpaired) electrons. The Morgan fingerprint density at radius 3 is 2.43 bits per heavy atom. The van der Waals surface area contributed by atoms with Crippen LogP contribution >= 0.6 is 0 Å². The van der Waals surface area contributed by atoms with E-state index in [1.54, 1.807) is 0 Å². The summed E-state index contributed by atoms with van der Waals surface area (Å²) in [5, 5.41) is 12.2. The second-order valence-corrected chi connectivity index (χ2v) is 7.08. The molecule has 1 heterocycles. The smallest absolute Gasteiger partial charge is 0.304 e. The van der Waals surface area contributed by atoms with Gasteiger partial charge in [-0.05, 0) is 11.1 Å².